The summed E-state index contributed by atoms with van der Waals surface area (Å²) in [4.78, 5) is 14.4. The van der Waals surface area contributed by atoms with Gasteiger partial charge in [-0.05, 0) is 56.6 Å². The Bertz CT molecular complexity index is 1590. The number of piperazine rings is 1. The Labute approximate surface area is 223 Å². The second kappa shape index (κ2) is 9.21. The minimum atomic E-state index is -3.19. The zero-order valence-corrected chi connectivity index (χ0v) is 22.4. The molecule has 1 saturated carbocycles. The summed E-state index contributed by atoms with van der Waals surface area (Å²) in [5, 5.41) is 5.28. The highest BCUT2D eigenvalue weighted by atomic mass is 32.2. The van der Waals surface area contributed by atoms with E-state index in [1.165, 1.54) is 5.69 Å². The molecule has 38 heavy (non-hydrogen) atoms. The normalized spacial score (nSPS) is 21.5. The van der Waals surface area contributed by atoms with Crippen molar-refractivity contribution < 1.29 is 8.42 Å². The predicted octanol–water partition coefficient (Wildman–Crippen LogP) is 3.82. The summed E-state index contributed by atoms with van der Waals surface area (Å²) in [6.45, 7) is 5.28. The zero-order chi connectivity index (χ0) is 25.9. The van der Waals surface area contributed by atoms with Crippen molar-refractivity contribution in [3.8, 4) is 0 Å². The predicted molar refractivity (Wildman–Crippen MR) is 152 cm³/mol. The molecule has 1 atom stereocenters. The van der Waals surface area contributed by atoms with Crippen molar-refractivity contribution in [1.29, 1.82) is 0 Å². The SMILES string of the molecule is CN1CCN(c2ccc(Nc3ncc4c5ccccc5n([C@H]5CCN(S(=O)(=O)C6CC6)C5)c4n3)cc2)CC1. The quantitative estimate of drug-likeness (QED) is 0.405. The lowest BCUT2D eigenvalue weighted by Crippen LogP contribution is -2.44. The van der Waals surface area contributed by atoms with E-state index in [1.54, 1.807) is 4.31 Å². The lowest BCUT2D eigenvalue weighted by Gasteiger charge is -2.34. The maximum absolute atomic E-state index is 12.9. The van der Waals surface area contributed by atoms with E-state index in [9.17, 15) is 8.42 Å². The summed E-state index contributed by atoms with van der Waals surface area (Å²) < 4.78 is 29.7. The Balaban J connectivity index is 1.18. The highest BCUT2D eigenvalue weighted by molar-refractivity contribution is 7.90. The second-order valence-corrected chi connectivity index (χ2v) is 13.0. The Morgan fingerprint density at radius 2 is 1.66 bits per heavy atom. The molecule has 2 aliphatic heterocycles. The van der Waals surface area contributed by atoms with Crippen LogP contribution in [0, 0.1) is 0 Å². The molecule has 9 nitrogen and oxygen atoms in total. The summed E-state index contributed by atoms with van der Waals surface area (Å²) in [5.74, 6) is 0.536. The third kappa shape index (κ3) is 4.20. The topological polar surface area (TPSA) is 86.6 Å². The molecule has 0 amide bonds. The molecule has 3 aliphatic rings. The van der Waals surface area contributed by atoms with Crippen LogP contribution in [0.1, 0.15) is 25.3 Å². The first-order valence-corrected chi connectivity index (χ1v) is 15.0. The van der Waals surface area contributed by atoms with Gasteiger partial charge in [0.05, 0.1) is 16.8 Å². The van der Waals surface area contributed by atoms with Crippen molar-refractivity contribution in [2.45, 2.75) is 30.6 Å². The average Bonchev–Trinajstić information content (AvgIpc) is 3.60. The smallest absolute Gasteiger partial charge is 0.229 e. The van der Waals surface area contributed by atoms with Crippen LogP contribution in [-0.4, -0.2) is 83.7 Å². The van der Waals surface area contributed by atoms with Gasteiger partial charge in [0.15, 0.2) is 0 Å². The number of para-hydroxylation sites is 1. The molecule has 2 aromatic carbocycles. The number of benzene rings is 2. The van der Waals surface area contributed by atoms with Crippen LogP contribution >= 0.6 is 0 Å². The van der Waals surface area contributed by atoms with Gasteiger partial charge < -0.3 is 19.7 Å². The van der Waals surface area contributed by atoms with Gasteiger partial charge in [-0.15, -0.1) is 0 Å². The molecule has 1 N–H and O–H groups in total. The van der Waals surface area contributed by atoms with E-state index in [2.05, 4.69) is 68.1 Å². The van der Waals surface area contributed by atoms with E-state index < -0.39 is 10.0 Å². The number of hydrogen-bond acceptors (Lipinski definition) is 7. The fourth-order valence-electron chi connectivity index (χ4n) is 5.88. The van der Waals surface area contributed by atoms with Crippen molar-refractivity contribution in [2.75, 3.05) is 56.5 Å². The van der Waals surface area contributed by atoms with Crippen LogP contribution in [0.4, 0.5) is 17.3 Å². The summed E-state index contributed by atoms with van der Waals surface area (Å²) >= 11 is 0. The van der Waals surface area contributed by atoms with Crippen LogP contribution in [0.15, 0.2) is 54.7 Å². The van der Waals surface area contributed by atoms with Crippen molar-refractivity contribution in [3.63, 3.8) is 0 Å². The van der Waals surface area contributed by atoms with Gasteiger partial charge in [-0.2, -0.15) is 9.29 Å². The standard InChI is InChI=1S/C28H33N7O2S/c1-32-14-16-33(17-15-32)21-8-6-20(7-9-21)30-28-29-18-25-24-4-2-3-5-26(24)35(27(25)31-28)22-12-13-34(19-22)38(36,37)23-10-11-23/h2-9,18,22-23H,10-17,19H2,1H3,(H,29,30,31)/t22-/m0/s1. The number of rotatable bonds is 6. The molecule has 0 radical (unpaired) electrons. The molecular formula is C28H33N7O2S. The largest absolute Gasteiger partial charge is 0.369 e. The van der Waals surface area contributed by atoms with Gasteiger partial charge in [0.2, 0.25) is 16.0 Å². The van der Waals surface area contributed by atoms with Gasteiger partial charge in [0.1, 0.15) is 5.65 Å². The number of nitrogens with zero attached hydrogens (tertiary/aromatic N) is 6. The number of fused-ring (bicyclic) bond motifs is 3. The molecule has 3 fully saturated rings. The third-order valence-electron chi connectivity index (χ3n) is 8.24. The molecule has 0 bridgehead atoms. The lowest BCUT2D eigenvalue weighted by atomic mass is 10.2. The fraction of sp³-hybridized carbons (Fsp3) is 0.429. The van der Waals surface area contributed by atoms with E-state index in [0.29, 0.717) is 19.0 Å². The average molecular weight is 532 g/mol. The number of likely N-dealkylation sites (N-methyl/N-ethyl adjacent to an activating group) is 1. The van der Waals surface area contributed by atoms with Crippen LogP contribution in [0.2, 0.25) is 0 Å². The number of nitrogens with one attached hydrogen (secondary N) is 1. The zero-order valence-electron chi connectivity index (χ0n) is 21.6. The van der Waals surface area contributed by atoms with Crippen molar-refractivity contribution in [1.82, 2.24) is 23.7 Å². The van der Waals surface area contributed by atoms with Gasteiger partial charge in [-0.25, -0.2) is 13.4 Å². The highest BCUT2D eigenvalue weighted by Crippen LogP contribution is 2.38. The summed E-state index contributed by atoms with van der Waals surface area (Å²) in [5.41, 5.74) is 4.08. The Morgan fingerprint density at radius 3 is 2.42 bits per heavy atom. The maximum Gasteiger partial charge on any atom is 0.229 e. The highest BCUT2D eigenvalue weighted by Gasteiger charge is 2.43. The number of aromatic nitrogens is 3. The Morgan fingerprint density at radius 1 is 0.895 bits per heavy atom. The van der Waals surface area contributed by atoms with Crippen LogP contribution < -0.4 is 10.2 Å². The van der Waals surface area contributed by atoms with Gasteiger partial charge in [0.25, 0.3) is 0 Å². The van der Waals surface area contributed by atoms with Gasteiger partial charge >= 0.3 is 0 Å². The summed E-state index contributed by atoms with van der Waals surface area (Å²) in [6.07, 6.45) is 4.24. The molecule has 1 aliphatic carbocycles. The molecule has 7 rings (SSSR count). The molecule has 10 heteroatoms. The molecule has 0 unspecified atom stereocenters. The van der Waals surface area contributed by atoms with Gasteiger partial charge in [-0.1, -0.05) is 18.2 Å². The van der Waals surface area contributed by atoms with E-state index in [4.69, 9.17) is 4.98 Å². The minimum absolute atomic E-state index is 0.0385. The van der Waals surface area contributed by atoms with Crippen LogP contribution in [0.3, 0.4) is 0 Å². The van der Waals surface area contributed by atoms with Crippen molar-refractivity contribution in [3.05, 3.63) is 54.7 Å². The summed E-state index contributed by atoms with van der Waals surface area (Å²) in [7, 11) is -1.02. The fourth-order valence-corrected chi connectivity index (χ4v) is 7.77. The van der Waals surface area contributed by atoms with Gasteiger partial charge in [-0.3, -0.25) is 0 Å². The van der Waals surface area contributed by atoms with Crippen molar-refractivity contribution in [2.24, 2.45) is 0 Å². The van der Waals surface area contributed by atoms with Crippen LogP contribution in [-0.2, 0) is 10.0 Å². The monoisotopic (exact) mass is 531 g/mol. The van der Waals surface area contributed by atoms with Crippen molar-refractivity contribution >= 4 is 49.3 Å². The third-order valence-corrected chi connectivity index (χ3v) is 10.6. The second-order valence-electron chi connectivity index (χ2n) is 10.8. The van der Waals surface area contributed by atoms with Gasteiger partial charge in [0, 0.05) is 67.6 Å². The van der Waals surface area contributed by atoms with Crippen LogP contribution in [0.25, 0.3) is 21.9 Å². The Hall–Kier alpha value is -3.21. The minimum Gasteiger partial charge on any atom is -0.369 e. The number of anilines is 3. The van der Waals surface area contributed by atoms with E-state index in [1.807, 2.05) is 18.3 Å². The van der Waals surface area contributed by atoms with Crippen LogP contribution in [0.5, 0.6) is 0 Å². The first-order valence-electron chi connectivity index (χ1n) is 13.5. The molecular weight excluding hydrogens is 498 g/mol. The Kier molecular flexibility index (Phi) is 5.79. The molecule has 4 heterocycles. The summed E-state index contributed by atoms with van der Waals surface area (Å²) in [6, 6.07) is 16.7. The van der Waals surface area contributed by atoms with E-state index in [0.717, 1.165) is 73.1 Å². The first kappa shape index (κ1) is 23.9. The number of hydrogen-bond donors (Lipinski definition) is 1. The molecule has 2 aromatic heterocycles. The molecule has 0 spiro atoms. The molecule has 2 saturated heterocycles. The number of sulfonamides is 1. The lowest BCUT2D eigenvalue weighted by molar-refractivity contribution is 0.313. The van der Waals surface area contributed by atoms with E-state index in [-0.39, 0.29) is 11.3 Å². The molecule has 198 valence electrons. The molecule has 4 aromatic rings. The van der Waals surface area contributed by atoms with E-state index >= 15 is 0 Å². The maximum atomic E-state index is 12.9. The first-order chi connectivity index (χ1) is 18.5.